The van der Waals surface area contributed by atoms with Crippen LogP contribution in [-0.2, 0) is 17.5 Å². The van der Waals surface area contributed by atoms with Crippen molar-refractivity contribution in [3.8, 4) is 11.4 Å². The van der Waals surface area contributed by atoms with Crippen molar-refractivity contribution in [2.45, 2.75) is 31.1 Å². The van der Waals surface area contributed by atoms with Crippen LogP contribution in [0.25, 0.3) is 5.69 Å². The lowest BCUT2D eigenvalue weighted by Gasteiger charge is -2.39. The average molecular weight is 521 g/mol. The zero-order valence-corrected chi connectivity index (χ0v) is 20.7. The molecule has 1 amide bonds. The minimum atomic E-state index is -4.69. The summed E-state index contributed by atoms with van der Waals surface area (Å²) in [6.45, 7) is 1.59. The third-order valence-corrected chi connectivity index (χ3v) is 6.78. The lowest BCUT2D eigenvalue weighted by molar-refractivity contribution is -0.146. The highest BCUT2D eigenvalue weighted by Gasteiger charge is 2.38. The lowest BCUT2D eigenvalue weighted by atomic mass is 9.85. The summed E-state index contributed by atoms with van der Waals surface area (Å²) in [5.41, 5.74) is 1.98. The van der Waals surface area contributed by atoms with E-state index in [1.54, 1.807) is 12.1 Å². The summed E-state index contributed by atoms with van der Waals surface area (Å²) in [6.07, 6.45) is -2.03. The van der Waals surface area contributed by atoms with Crippen molar-refractivity contribution < 1.29 is 22.7 Å². The van der Waals surface area contributed by atoms with Gasteiger partial charge in [-0.2, -0.15) is 29.6 Å². The molecule has 1 aliphatic heterocycles. The molecule has 0 spiro atoms. The molecule has 0 saturated carbocycles. The van der Waals surface area contributed by atoms with E-state index in [-0.39, 0.29) is 23.6 Å². The van der Waals surface area contributed by atoms with Gasteiger partial charge >= 0.3 is 6.18 Å². The summed E-state index contributed by atoms with van der Waals surface area (Å²) >= 11 is 1.51. The summed E-state index contributed by atoms with van der Waals surface area (Å²) < 4.78 is 46.1. The number of amides is 1. The molecule has 0 bridgehead atoms. The van der Waals surface area contributed by atoms with Crippen LogP contribution in [0.4, 0.5) is 13.2 Å². The number of rotatable bonds is 8. The van der Waals surface area contributed by atoms with Gasteiger partial charge in [0, 0.05) is 37.2 Å². The Morgan fingerprint density at radius 2 is 2.00 bits per heavy atom. The molecule has 2 heterocycles. The molecule has 4 rings (SSSR count). The first-order chi connectivity index (χ1) is 17.3. The number of ether oxygens (including phenoxy) is 1. The topological polar surface area (TPSA) is 85.2 Å². The van der Waals surface area contributed by atoms with Gasteiger partial charge in [-0.25, -0.2) is 0 Å². The Labute approximate surface area is 211 Å². The van der Waals surface area contributed by atoms with E-state index in [9.17, 15) is 18.0 Å². The second kappa shape index (κ2) is 11.3. The molecule has 0 aliphatic carbocycles. The van der Waals surface area contributed by atoms with Crippen molar-refractivity contribution in [2.24, 2.45) is 0 Å². The highest BCUT2D eigenvalue weighted by atomic mass is 32.2. The predicted octanol–water partition coefficient (Wildman–Crippen LogP) is 3.53. The molecule has 8 nitrogen and oxygen atoms in total. The van der Waals surface area contributed by atoms with Gasteiger partial charge in [0.05, 0.1) is 18.6 Å². The van der Waals surface area contributed by atoms with Crippen LogP contribution in [0.2, 0.25) is 0 Å². The first kappa shape index (κ1) is 26.0. The van der Waals surface area contributed by atoms with Gasteiger partial charge < -0.3 is 15.0 Å². The minimum Gasteiger partial charge on any atom is -0.496 e. The number of hydrogen-bond acceptors (Lipinski definition) is 7. The van der Waals surface area contributed by atoms with E-state index >= 15 is 0 Å². The fraction of sp³-hybridized carbons (Fsp3) is 0.417. The van der Waals surface area contributed by atoms with E-state index in [2.05, 4.69) is 33.0 Å². The number of nitrogens with zero attached hydrogens (tertiary/aromatic N) is 5. The van der Waals surface area contributed by atoms with Crippen LogP contribution in [0.5, 0.6) is 5.75 Å². The van der Waals surface area contributed by atoms with E-state index in [4.69, 9.17) is 4.74 Å². The number of methoxy groups -OCH3 is 1. The van der Waals surface area contributed by atoms with E-state index in [0.29, 0.717) is 41.4 Å². The summed E-state index contributed by atoms with van der Waals surface area (Å²) in [5.74, 6) is -0.0233. The number of likely N-dealkylation sites (tertiary alicyclic amines) is 1. The third kappa shape index (κ3) is 5.81. The minimum absolute atomic E-state index is 0.0536. The molecule has 2 aromatic carbocycles. The van der Waals surface area contributed by atoms with Crippen LogP contribution in [0.3, 0.4) is 0 Å². The number of aromatic nitrogens is 4. The largest absolute Gasteiger partial charge is 0.496 e. The summed E-state index contributed by atoms with van der Waals surface area (Å²) in [4.78, 5) is 14.5. The van der Waals surface area contributed by atoms with Gasteiger partial charge in [-0.05, 0) is 46.9 Å². The van der Waals surface area contributed by atoms with Gasteiger partial charge in [-0.15, -0.1) is 5.10 Å². The van der Waals surface area contributed by atoms with Crippen LogP contribution in [0, 0.1) is 0 Å². The first-order valence-electron chi connectivity index (χ1n) is 11.4. The number of tetrazole rings is 1. The van der Waals surface area contributed by atoms with Crippen LogP contribution in [-0.4, -0.2) is 69.3 Å². The molecule has 1 fully saturated rings. The van der Waals surface area contributed by atoms with Gasteiger partial charge in [-0.3, -0.25) is 4.79 Å². The maximum Gasteiger partial charge on any atom is 0.453 e. The zero-order chi connectivity index (χ0) is 25.7. The van der Waals surface area contributed by atoms with Gasteiger partial charge in [0.25, 0.3) is 5.82 Å². The smallest absolute Gasteiger partial charge is 0.453 e. The molecule has 1 saturated heterocycles. The van der Waals surface area contributed by atoms with Crippen LogP contribution >= 0.6 is 11.8 Å². The van der Waals surface area contributed by atoms with Crippen molar-refractivity contribution >= 4 is 17.7 Å². The second-order valence-electron chi connectivity index (χ2n) is 8.47. The number of nitrogens with one attached hydrogen (secondary N) is 1. The number of halogens is 3. The Balaban J connectivity index is 1.56. The molecule has 1 N–H and O–H groups in total. The molecule has 36 heavy (non-hydrogen) atoms. The summed E-state index contributed by atoms with van der Waals surface area (Å²) in [6, 6.07) is 14.8. The van der Waals surface area contributed by atoms with E-state index < -0.39 is 12.0 Å². The normalized spacial score (nSPS) is 18.3. The van der Waals surface area contributed by atoms with Gasteiger partial charge in [0.1, 0.15) is 5.75 Å². The monoisotopic (exact) mass is 520 g/mol. The molecule has 2 atom stereocenters. The van der Waals surface area contributed by atoms with Crippen molar-refractivity contribution in [2.75, 3.05) is 32.2 Å². The summed E-state index contributed by atoms with van der Waals surface area (Å²) in [7, 11) is 1.51. The molecule has 12 heteroatoms. The van der Waals surface area contributed by atoms with Crippen LogP contribution in [0.15, 0.2) is 48.5 Å². The van der Waals surface area contributed by atoms with E-state index in [1.807, 2.05) is 29.4 Å². The van der Waals surface area contributed by atoms with Crippen molar-refractivity contribution in [1.29, 1.82) is 0 Å². The Morgan fingerprint density at radius 1 is 1.22 bits per heavy atom. The second-order valence-corrected chi connectivity index (χ2v) is 9.34. The zero-order valence-electron chi connectivity index (χ0n) is 19.9. The average Bonchev–Trinajstić information content (AvgIpc) is 3.39. The number of thioether (sulfide) groups is 1. The Bertz CT molecular complexity index is 1170. The number of alkyl halides is 3. The maximum atomic E-state index is 13.3. The van der Waals surface area contributed by atoms with Crippen molar-refractivity contribution in [3.05, 3.63) is 65.5 Å². The Kier molecular flexibility index (Phi) is 8.14. The van der Waals surface area contributed by atoms with Crippen LogP contribution in [0.1, 0.15) is 29.3 Å². The quantitative estimate of drug-likeness (QED) is 0.487. The third-order valence-electron chi connectivity index (χ3n) is 6.25. The van der Waals surface area contributed by atoms with E-state index in [1.165, 1.54) is 24.9 Å². The molecule has 0 radical (unpaired) electrons. The number of carbonyl (C=O) groups is 1. The van der Waals surface area contributed by atoms with Gasteiger partial charge in [-0.1, -0.05) is 30.3 Å². The van der Waals surface area contributed by atoms with E-state index in [0.717, 1.165) is 12.0 Å². The fourth-order valence-corrected chi connectivity index (χ4v) is 4.92. The highest BCUT2D eigenvalue weighted by molar-refractivity contribution is 7.99. The number of hydrogen-bond donors (Lipinski definition) is 1. The molecule has 1 aliphatic rings. The number of piperidine rings is 1. The van der Waals surface area contributed by atoms with Gasteiger partial charge in [0.15, 0.2) is 0 Å². The fourth-order valence-electron chi connectivity index (χ4n) is 4.49. The Morgan fingerprint density at radius 3 is 2.69 bits per heavy atom. The SMILES string of the molecule is COc1ccc(-n2nnnc2C(F)(F)F)cc1CN[C@H]1CCN(C(=O)CSC)C[C@H]1c1ccccc1. The molecular formula is C24H27F3N6O2S. The lowest BCUT2D eigenvalue weighted by Crippen LogP contribution is -2.50. The predicted molar refractivity (Wildman–Crippen MR) is 130 cm³/mol. The molecule has 0 unspecified atom stereocenters. The van der Waals surface area contributed by atoms with Crippen molar-refractivity contribution in [3.63, 3.8) is 0 Å². The number of benzene rings is 2. The van der Waals surface area contributed by atoms with Crippen molar-refractivity contribution in [1.82, 2.24) is 30.4 Å². The molecule has 192 valence electrons. The van der Waals surface area contributed by atoms with Crippen LogP contribution < -0.4 is 10.1 Å². The molecular weight excluding hydrogens is 493 g/mol. The Hall–Kier alpha value is -3.12. The maximum absolute atomic E-state index is 13.3. The highest BCUT2D eigenvalue weighted by Crippen LogP contribution is 2.31. The standard InChI is InChI=1S/C24H27F3N6O2S/c1-35-21-9-8-18(33-23(24(25,26)27)29-30-31-33)12-17(21)13-28-20-10-11-32(22(34)15-36-2)14-19(20)16-6-4-3-5-7-16/h3-9,12,19-20,28H,10-11,13-15H2,1-2H3/t19-,20-/m0/s1. The van der Waals surface area contributed by atoms with Gasteiger partial charge in [0.2, 0.25) is 5.91 Å². The number of carbonyl (C=O) groups excluding carboxylic acids is 1. The molecule has 1 aromatic heterocycles. The summed E-state index contributed by atoms with van der Waals surface area (Å²) in [5, 5.41) is 13.4. The molecule has 3 aromatic rings. The first-order valence-corrected chi connectivity index (χ1v) is 12.8.